The summed E-state index contributed by atoms with van der Waals surface area (Å²) < 4.78 is 6.39. The lowest BCUT2D eigenvalue weighted by Crippen LogP contribution is -2.17. The van der Waals surface area contributed by atoms with Gasteiger partial charge in [0.1, 0.15) is 10.1 Å². The van der Waals surface area contributed by atoms with Gasteiger partial charge >= 0.3 is 0 Å². The van der Waals surface area contributed by atoms with E-state index in [1.54, 1.807) is 18.5 Å². The number of hydrogen-bond donors (Lipinski definition) is 1. The maximum absolute atomic E-state index is 11.9. The van der Waals surface area contributed by atoms with Gasteiger partial charge in [-0.15, -0.1) is 0 Å². The molecule has 0 unspecified atom stereocenters. The molecule has 138 valence electrons. The number of thioether (sulfide) groups is 1. The molecule has 4 nitrogen and oxygen atoms in total. The number of pyridine rings is 1. The summed E-state index contributed by atoms with van der Waals surface area (Å²) in [6.45, 7) is 0. The molecule has 1 saturated heterocycles. The number of fused-ring (bicyclic) bond motifs is 2. The lowest BCUT2D eigenvalue weighted by Gasteiger charge is -1.97. The number of amides is 1. The SMILES string of the molecule is O=C1NC(=S)S/C1=C/c1cc2cncc(C#Cc3ccc4ccccc4c3)c2o1. The molecule has 6 heteroatoms. The first-order valence-corrected chi connectivity index (χ1v) is 10.0. The minimum Gasteiger partial charge on any atom is -0.455 e. The number of thiocarbonyl (C=S) groups is 1. The highest BCUT2D eigenvalue weighted by Crippen LogP contribution is 2.29. The van der Waals surface area contributed by atoms with E-state index in [0.717, 1.165) is 16.3 Å². The number of rotatable bonds is 1. The van der Waals surface area contributed by atoms with Crippen LogP contribution in [-0.4, -0.2) is 15.2 Å². The number of nitrogens with zero attached hydrogens (tertiary/aromatic N) is 1. The van der Waals surface area contributed by atoms with Crippen molar-refractivity contribution < 1.29 is 9.21 Å². The molecule has 0 atom stereocenters. The first-order chi connectivity index (χ1) is 14.2. The fraction of sp³-hybridized carbons (Fsp3) is 0. The predicted octanol–water partition coefficient (Wildman–Crippen LogP) is 4.87. The summed E-state index contributed by atoms with van der Waals surface area (Å²) in [7, 11) is 0. The number of aromatic nitrogens is 1. The maximum atomic E-state index is 11.9. The second-order valence-electron chi connectivity index (χ2n) is 6.42. The van der Waals surface area contributed by atoms with Gasteiger partial charge in [0, 0.05) is 29.4 Å². The second-order valence-corrected chi connectivity index (χ2v) is 8.14. The molecule has 0 spiro atoms. The van der Waals surface area contributed by atoms with Gasteiger partial charge in [-0.05, 0) is 29.0 Å². The smallest absolute Gasteiger partial charge is 0.263 e. The van der Waals surface area contributed by atoms with Crippen molar-refractivity contribution in [2.75, 3.05) is 0 Å². The van der Waals surface area contributed by atoms with E-state index in [1.807, 2.05) is 24.3 Å². The highest BCUT2D eigenvalue weighted by atomic mass is 32.2. The highest BCUT2D eigenvalue weighted by Gasteiger charge is 2.22. The van der Waals surface area contributed by atoms with E-state index < -0.39 is 0 Å². The van der Waals surface area contributed by atoms with Crippen LogP contribution in [0.15, 0.2) is 70.2 Å². The molecule has 1 aliphatic rings. The molecule has 4 aromatic rings. The van der Waals surface area contributed by atoms with Gasteiger partial charge in [-0.2, -0.15) is 0 Å². The standard InChI is InChI=1S/C23H12N2O2S2/c26-22-20(29-23(28)25-22)11-19-10-18-13-24-12-17(21(18)27-19)8-6-14-5-7-15-3-1-2-4-16(15)9-14/h1-5,7,9-13H,(H,25,26,28)/b20-11+. The Labute approximate surface area is 176 Å². The lowest BCUT2D eigenvalue weighted by atomic mass is 10.1. The maximum Gasteiger partial charge on any atom is 0.263 e. The van der Waals surface area contributed by atoms with Crippen LogP contribution in [0, 0.1) is 11.8 Å². The second kappa shape index (κ2) is 7.21. The van der Waals surface area contributed by atoms with E-state index >= 15 is 0 Å². The summed E-state index contributed by atoms with van der Waals surface area (Å²) in [6.07, 6.45) is 5.08. The van der Waals surface area contributed by atoms with E-state index in [2.05, 4.69) is 46.4 Å². The summed E-state index contributed by atoms with van der Waals surface area (Å²) in [5.41, 5.74) is 2.26. The summed E-state index contributed by atoms with van der Waals surface area (Å²) in [4.78, 5) is 16.6. The van der Waals surface area contributed by atoms with Crippen LogP contribution in [0.1, 0.15) is 16.9 Å². The normalized spacial score (nSPS) is 15.0. The minimum absolute atomic E-state index is 0.213. The topological polar surface area (TPSA) is 55.1 Å². The van der Waals surface area contributed by atoms with Crippen LogP contribution in [0.3, 0.4) is 0 Å². The largest absolute Gasteiger partial charge is 0.455 e. The number of carbonyl (C=O) groups excluding carboxylic acids is 1. The lowest BCUT2D eigenvalue weighted by molar-refractivity contribution is -0.115. The van der Waals surface area contributed by atoms with Crippen molar-refractivity contribution in [3.05, 3.63) is 82.7 Å². The van der Waals surface area contributed by atoms with Gasteiger partial charge in [0.25, 0.3) is 5.91 Å². The van der Waals surface area contributed by atoms with Crippen LogP contribution in [0.2, 0.25) is 0 Å². The fourth-order valence-electron chi connectivity index (χ4n) is 3.10. The third-order valence-electron chi connectivity index (χ3n) is 4.45. The fourth-order valence-corrected chi connectivity index (χ4v) is 4.12. The van der Waals surface area contributed by atoms with Crippen LogP contribution in [0.25, 0.3) is 27.8 Å². The van der Waals surface area contributed by atoms with Crippen LogP contribution in [-0.2, 0) is 4.79 Å². The molecule has 1 N–H and O–H groups in total. The van der Waals surface area contributed by atoms with Crippen molar-refractivity contribution in [2.24, 2.45) is 0 Å². The Bertz CT molecular complexity index is 1410. The van der Waals surface area contributed by atoms with Crippen molar-refractivity contribution in [1.82, 2.24) is 10.3 Å². The number of furan rings is 1. The molecule has 1 amide bonds. The zero-order valence-electron chi connectivity index (χ0n) is 14.9. The third-order valence-corrected chi connectivity index (χ3v) is 5.61. The van der Waals surface area contributed by atoms with E-state index in [1.165, 1.54) is 17.1 Å². The Morgan fingerprint density at radius 2 is 1.90 bits per heavy atom. The summed E-state index contributed by atoms with van der Waals surface area (Å²) in [5.74, 6) is 6.70. The summed E-state index contributed by atoms with van der Waals surface area (Å²) >= 11 is 6.24. The van der Waals surface area contributed by atoms with E-state index in [4.69, 9.17) is 16.6 Å². The van der Waals surface area contributed by atoms with Gasteiger partial charge in [0.2, 0.25) is 0 Å². The van der Waals surface area contributed by atoms with Crippen LogP contribution in [0.5, 0.6) is 0 Å². The monoisotopic (exact) mass is 412 g/mol. The molecule has 2 aromatic heterocycles. The molecule has 0 bridgehead atoms. The van der Waals surface area contributed by atoms with Crippen LogP contribution >= 0.6 is 24.0 Å². The average Bonchev–Trinajstić information content (AvgIpc) is 3.28. The van der Waals surface area contributed by atoms with Crippen molar-refractivity contribution >= 4 is 62.0 Å². The quantitative estimate of drug-likeness (QED) is 0.275. The van der Waals surface area contributed by atoms with Crippen LogP contribution < -0.4 is 5.32 Å². The Hall–Kier alpha value is -3.40. The van der Waals surface area contributed by atoms with E-state index in [-0.39, 0.29) is 5.91 Å². The molecule has 29 heavy (non-hydrogen) atoms. The van der Waals surface area contributed by atoms with Gasteiger partial charge in [0.15, 0.2) is 5.58 Å². The molecule has 3 heterocycles. The number of carbonyl (C=O) groups is 1. The van der Waals surface area contributed by atoms with Gasteiger partial charge in [0.05, 0.1) is 10.5 Å². The summed E-state index contributed by atoms with van der Waals surface area (Å²) in [5, 5.41) is 5.75. The van der Waals surface area contributed by atoms with Crippen LogP contribution in [0.4, 0.5) is 0 Å². The molecular formula is C23H12N2O2S2. The van der Waals surface area contributed by atoms with Crippen molar-refractivity contribution in [3.63, 3.8) is 0 Å². The predicted molar refractivity (Wildman–Crippen MR) is 120 cm³/mol. The molecule has 0 saturated carbocycles. The van der Waals surface area contributed by atoms with Gasteiger partial charge in [-0.25, -0.2) is 0 Å². The number of hydrogen-bond acceptors (Lipinski definition) is 5. The van der Waals surface area contributed by atoms with Gasteiger partial charge in [-0.3, -0.25) is 9.78 Å². The first kappa shape index (κ1) is 17.7. The highest BCUT2D eigenvalue weighted by molar-refractivity contribution is 8.26. The van der Waals surface area contributed by atoms with Gasteiger partial charge < -0.3 is 9.73 Å². The Kier molecular flexibility index (Phi) is 4.39. The van der Waals surface area contributed by atoms with E-state index in [9.17, 15) is 4.79 Å². The van der Waals surface area contributed by atoms with Gasteiger partial charge in [-0.1, -0.05) is 66.2 Å². The Morgan fingerprint density at radius 3 is 2.72 bits per heavy atom. The average molecular weight is 412 g/mol. The molecule has 1 aliphatic heterocycles. The molecule has 0 aliphatic carbocycles. The molecular weight excluding hydrogens is 400 g/mol. The van der Waals surface area contributed by atoms with Crippen molar-refractivity contribution in [1.29, 1.82) is 0 Å². The molecule has 2 aromatic carbocycles. The Balaban J connectivity index is 1.52. The minimum atomic E-state index is -0.213. The number of nitrogens with one attached hydrogen (secondary N) is 1. The molecule has 0 radical (unpaired) electrons. The first-order valence-electron chi connectivity index (χ1n) is 8.79. The third kappa shape index (κ3) is 3.54. The van der Waals surface area contributed by atoms with E-state index in [0.29, 0.717) is 26.1 Å². The molecule has 5 rings (SSSR count). The summed E-state index contributed by atoms with van der Waals surface area (Å²) in [6, 6.07) is 16.1. The van der Waals surface area contributed by atoms with Crippen molar-refractivity contribution in [2.45, 2.75) is 0 Å². The molecule has 1 fully saturated rings. The van der Waals surface area contributed by atoms with Crippen molar-refractivity contribution in [3.8, 4) is 11.8 Å². The zero-order chi connectivity index (χ0) is 19.8. The Morgan fingerprint density at radius 1 is 1.03 bits per heavy atom. The number of benzene rings is 2. The zero-order valence-corrected chi connectivity index (χ0v) is 16.6.